The van der Waals surface area contributed by atoms with Crippen molar-refractivity contribution in [1.29, 1.82) is 0 Å². The van der Waals surface area contributed by atoms with Gasteiger partial charge in [0, 0.05) is 28.4 Å². The highest BCUT2D eigenvalue weighted by Crippen LogP contribution is 2.36. The molecule has 0 radical (unpaired) electrons. The van der Waals surface area contributed by atoms with E-state index in [2.05, 4.69) is 67.3 Å². The standard InChI is InChI=1S/C26H29NO2S/c1-26(2,14-13-19-9-12-24(28)25(15-19)29-3)27-17-20-10-11-23(16-21(20)18-27)30-22-7-5-4-6-8-22/h4-12,15-16,28H,13-14,17-18H2,1-3H3. The summed E-state index contributed by atoms with van der Waals surface area (Å²) in [6, 6.07) is 23.1. The first-order valence-corrected chi connectivity index (χ1v) is 11.2. The fourth-order valence-corrected chi connectivity index (χ4v) is 4.88. The molecule has 156 valence electrons. The van der Waals surface area contributed by atoms with Crippen LogP contribution in [0, 0.1) is 0 Å². The van der Waals surface area contributed by atoms with Crippen LogP contribution in [0.25, 0.3) is 0 Å². The molecule has 0 fully saturated rings. The molecule has 0 atom stereocenters. The van der Waals surface area contributed by atoms with Crippen LogP contribution in [0.2, 0.25) is 0 Å². The summed E-state index contributed by atoms with van der Waals surface area (Å²) in [5.41, 5.74) is 4.15. The fourth-order valence-electron chi connectivity index (χ4n) is 3.97. The lowest BCUT2D eigenvalue weighted by atomic mass is 9.93. The third kappa shape index (κ3) is 4.66. The average molecular weight is 420 g/mol. The lowest BCUT2D eigenvalue weighted by Gasteiger charge is -2.35. The topological polar surface area (TPSA) is 32.7 Å². The molecule has 0 saturated heterocycles. The molecule has 3 aromatic rings. The maximum absolute atomic E-state index is 9.82. The van der Waals surface area contributed by atoms with Crippen molar-refractivity contribution in [2.24, 2.45) is 0 Å². The second-order valence-corrected chi connectivity index (χ2v) is 9.67. The molecule has 0 amide bonds. The summed E-state index contributed by atoms with van der Waals surface area (Å²) in [4.78, 5) is 5.15. The van der Waals surface area contributed by atoms with Crippen LogP contribution in [-0.4, -0.2) is 22.7 Å². The predicted molar refractivity (Wildman–Crippen MR) is 123 cm³/mol. The van der Waals surface area contributed by atoms with Gasteiger partial charge >= 0.3 is 0 Å². The normalized spacial score (nSPS) is 14.0. The monoisotopic (exact) mass is 419 g/mol. The van der Waals surface area contributed by atoms with Crippen molar-refractivity contribution in [3.8, 4) is 11.5 Å². The van der Waals surface area contributed by atoms with E-state index in [0.717, 1.165) is 25.9 Å². The molecular weight excluding hydrogens is 390 g/mol. The molecule has 1 aliphatic rings. The average Bonchev–Trinajstić information content (AvgIpc) is 3.18. The molecule has 0 saturated carbocycles. The number of nitrogens with zero attached hydrogens (tertiary/aromatic N) is 1. The van der Waals surface area contributed by atoms with Gasteiger partial charge in [-0.3, -0.25) is 4.90 Å². The molecule has 4 heteroatoms. The highest BCUT2D eigenvalue weighted by Gasteiger charge is 2.31. The minimum Gasteiger partial charge on any atom is -0.504 e. The molecule has 0 unspecified atom stereocenters. The molecule has 4 rings (SSSR count). The second-order valence-electron chi connectivity index (χ2n) is 8.52. The number of aromatic hydroxyl groups is 1. The van der Waals surface area contributed by atoms with Crippen LogP contribution in [0.4, 0.5) is 0 Å². The number of hydrogen-bond donors (Lipinski definition) is 1. The summed E-state index contributed by atoms with van der Waals surface area (Å²) in [5, 5.41) is 9.82. The minimum absolute atomic E-state index is 0.0802. The summed E-state index contributed by atoms with van der Waals surface area (Å²) in [5.74, 6) is 0.738. The summed E-state index contributed by atoms with van der Waals surface area (Å²) in [7, 11) is 1.59. The molecule has 0 spiro atoms. The highest BCUT2D eigenvalue weighted by atomic mass is 32.2. The van der Waals surface area contributed by atoms with E-state index in [0.29, 0.717) is 5.75 Å². The number of hydrogen-bond acceptors (Lipinski definition) is 4. The van der Waals surface area contributed by atoms with Gasteiger partial charge < -0.3 is 9.84 Å². The number of phenolic OH excluding ortho intramolecular Hbond substituents is 1. The van der Waals surface area contributed by atoms with E-state index >= 15 is 0 Å². The van der Waals surface area contributed by atoms with Crippen molar-refractivity contribution in [3.05, 3.63) is 83.4 Å². The van der Waals surface area contributed by atoms with Gasteiger partial charge in [0.25, 0.3) is 0 Å². The SMILES string of the molecule is COc1cc(CCC(C)(C)N2Cc3ccc(Sc4ccccc4)cc3C2)ccc1O. The summed E-state index contributed by atoms with van der Waals surface area (Å²) >= 11 is 1.82. The van der Waals surface area contributed by atoms with E-state index in [1.807, 2.05) is 23.9 Å². The van der Waals surface area contributed by atoms with Gasteiger partial charge in [0.05, 0.1) is 7.11 Å². The summed E-state index contributed by atoms with van der Waals surface area (Å²) < 4.78 is 5.25. The molecule has 3 nitrogen and oxygen atoms in total. The van der Waals surface area contributed by atoms with Crippen LogP contribution < -0.4 is 4.74 Å². The van der Waals surface area contributed by atoms with Crippen molar-refractivity contribution in [3.63, 3.8) is 0 Å². The Kier molecular flexibility index (Phi) is 6.07. The molecule has 1 aliphatic heterocycles. The largest absolute Gasteiger partial charge is 0.504 e. The zero-order valence-corrected chi connectivity index (χ0v) is 18.7. The van der Waals surface area contributed by atoms with Crippen LogP contribution >= 0.6 is 11.8 Å². The molecular formula is C26H29NO2S. The number of methoxy groups -OCH3 is 1. The van der Waals surface area contributed by atoms with Gasteiger partial charge in [-0.2, -0.15) is 0 Å². The predicted octanol–water partition coefficient (Wildman–Crippen LogP) is 6.28. The van der Waals surface area contributed by atoms with Gasteiger partial charge in [-0.15, -0.1) is 0 Å². The third-order valence-corrected chi connectivity index (χ3v) is 7.00. The molecule has 0 aliphatic carbocycles. The smallest absolute Gasteiger partial charge is 0.160 e. The lowest BCUT2D eigenvalue weighted by molar-refractivity contribution is 0.109. The van der Waals surface area contributed by atoms with E-state index in [4.69, 9.17) is 4.74 Å². The molecule has 0 bridgehead atoms. The first kappa shape index (κ1) is 20.8. The Morgan fingerprint density at radius 3 is 2.47 bits per heavy atom. The number of phenols is 1. The third-order valence-electron chi connectivity index (χ3n) is 6.00. The highest BCUT2D eigenvalue weighted by molar-refractivity contribution is 7.99. The van der Waals surface area contributed by atoms with Crippen molar-refractivity contribution in [2.75, 3.05) is 7.11 Å². The Morgan fingerprint density at radius 2 is 1.70 bits per heavy atom. The van der Waals surface area contributed by atoms with Crippen LogP contribution in [-0.2, 0) is 19.5 Å². The molecule has 1 heterocycles. The number of aryl methyl sites for hydroxylation is 1. The van der Waals surface area contributed by atoms with Gasteiger partial charge in [0.2, 0.25) is 0 Å². The van der Waals surface area contributed by atoms with Crippen LogP contribution in [0.3, 0.4) is 0 Å². The van der Waals surface area contributed by atoms with E-state index < -0.39 is 0 Å². The molecule has 1 N–H and O–H groups in total. The Hall–Kier alpha value is -2.43. The van der Waals surface area contributed by atoms with E-state index in [1.165, 1.54) is 26.5 Å². The van der Waals surface area contributed by atoms with Gasteiger partial charge in [-0.1, -0.05) is 42.1 Å². The quantitative estimate of drug-likeness (QED) is 0.489. The number of fused-ring (bicyclic) bond motifs is 1. The van der Waals surface area contributed by atoms with E-state index in [-0.39, 0.29) is 11.3 Å². The first-order valence-electron chi connectivity index (χ1n) is 10.4. The maximum Gasteiger partial charge on any atom is 0.160 e. The van der Waals surface area contributed by atoms with Crippen molar-refractivity contribution >= 4 is 11.8 Å². The molecule has 0 aromatic heterocycles. The molecule has 3 aromatic carbocycles. The lowest BCUT2D eigenvalue weighted by Crippen LogP contribution is -2.40. The van der Waals surface area contributed by atoms with Crippen LogP contribution in [0.5, 0.6) is 11.5 Å². The first-order chi connectivity index (χ1) is 14.4. The van der Waals surface area contributed by atoms with Crippen molar-refractivity contribution in [1.82, 2.24) is 4.90 Å². The Bertz CT molecular complexity index is 1020. The zero-order chi connectivity index (χ0) is 21.1. The minimum atomic E-state index is 0.0802. The second kappa shape index (κ2) is 8.75. The number of benzene rings is 3. The van der Waals surface area contributed by atoms with Gasteiger partial charge in [0.1, 0.15) is 0 Å². The van der Waals surface area contributed by atoms with Gasteiger partial charge in [0.15, 0.2) is 11.5 Å². The van der Waals surface area contributed by atoms with Crippen molar-refractivity contribution < 1.29 is 9.84 Å². The number of ether oxygens (including phenoxy) is 1. The number of rotatable bonds is 7. The molecule has 30 heavy (non-hydrogen) atoms. The van der Waals surface area contributed by atoms with E-state index in [9.17, 15) is 5.11 Å². The van der Waals surface area contributed by atoms with Gasteiger partial charge in [-0.05, 0) is 79.8 Å². The van der Waals surface area contributed by atoms with Crippen LogP contribution in [0.1, 0.15) is 37.0 Å². The summed E-state index contributed by atoms with van der Waals surface area (Å²) in [6.07, 6.45) is 1.99. The van der Waals surface area contributed by atoms with Crippen molar-refractivity contribution in [2.45, 2.75) is 55.1 Å². The summed E-state index contributed by atoms with van der Waals surface area (Å²) in [6.45, 7) is 6.65. The Balaban J connectivity index is 1.41. The zero-order valence-electron chi connectivity index (χ0n) is 17.9. The van der Waals surface area contributed by atoms with E-state index in [1.54, 1.807) is 13.2 Å². The Labute approximate surface area is 183 Å². The fraction of sp³-hybridized carbons (Fsp3) is 0.308. The maximum atomic E-state index is 9.82. The van der Waals surface area contributed by atoms with Gasteiger partial charge in [-0.25, -0.2) is 0 Å². The van der Waals surface area contributed by atoms with Crippen LogP contribution in [0.15, 0.2) is 76.5 Å². The Morgan fingerprint density at radius 1 is 0.933 bits per heavy atom.